The molecule has 0 saturated heterocycles. The van der Waals surface area contributed by atoms with E-state index in [4.69, 9.17) is 5.26 Å². The van der Waals surface area contributed by atoms with Crippen molar-refractivity contribution in [1.29, 1.82) is 5.26 Å². The van der Waals surface area contributed by atoms with Crippen LogP contribution >= 0.6 is 0 Å². The second kappa shape index (κ2) is 4.43. The van der Waals surface area contributed by atoms with E-state index in [1.165, 1.54) is 6.92 Å². The first kappa shape index (κ1) is 11.4. The second-order valence-electron chi connectivity index (χ2n) is 3.14. The Morgan fingerprint density at radius 3 is 2.25 bits per heavy atom. The summed E-state index contributed by atoms with van der Waals surface area (Å²) in [6, 6.07) is 1.16. The third-order valence-corrected chi connectivity index (χ3v) is 2.92. The summed E-state index contributed by atoms with van der Waals surface area (Å²) >= 11 is 0. The molecule has 0 aromatic heterocycles. The minimum atomic E-state index is -3.26. The normalized spacial score (nSPS) is 14.2. The van der Waals surface area contributed by atoms with Gasteiger partial charge in [-0.15, -0.1) is 0 Å². The van der Waals surface area contributed by atoms with Gasteiger partial charge in [-0.05, 0) is 12.8 Å². The lowest BCUT2D eigenvalue weighted by Crippen LogP contribution is -2.34. The van der Waals surface area contributed by atoms with Gasteiger partial charge in [0.15, 0.2) is 0 Å². The van der Waals surface area contributed by atoms with E-state index in [1.807, 2.05) is 13.8 Å². The molecule has 70 valence electrons. The maximum Gasteiger partial charge on any atom is 0.212 e. The van der Waals surface area contributed by atoms with Gasteiger partial charge in [0, 0.05) is 0 Å². The van der Waals surface area contributed by atoms with Crippen LogP contribution in [-0.4, -0.2) is 20.2 Å². The van der Waals surface area contributed by atoms with Gasteiger partial charge in [-0.1, -0.05) is 13.8 Å². The van der Waals surface area contributed by atoms with E-state index in [-0.39, 0.29) is 11.7 Å². The Labute approximate surface area is 73.6 Å². The van der Waals surface area contributed by atoms with Crippen LogP contribution in [0.3, 0.4) is 0 Å². The summed E-state index contributed by atoms with van der Waals surface area (Å²) in [5.74, 6) is 0.146. The third kappa shape index (κ3) is 5.10. The lowest BCUT2D eigenvalue weighted by Gasteiger charge is -2.09. The number of hydrogen-bond donors (Lipinski definition) is 1. The van der Waals surface area contributed by atoms with E-state index in [2.05, 4.69) is 4.72 Å². The maximum absolute atomic E-state index is 11.1. The number of rotatable bonds is 4. The highest BCUT2D eigenvalue weighted by Crippen LogP contribution is 1.98. The van der Waals surface area contributed by atoms with Crippen LogP contribution in [0.5, 0.6) is 0 Å². The molecule has 1 unspecified atom stereocenters. The molecule has 12 heavy (non-hydrogen) atoms. The Morgan fingerprint density at radius 2 is 1.92 bits per heavy atom. The highest BCUT2D eigenvalue weighted by Gasteiger charge is 2.15. The third-order valence-electron chi connectivity index (χ3n) is 1.10. The van der Waals surface area contributed by atoms with E-state index in [0.29, 0.717) is 0 Å². The molecule has 0 bridgehead atoms. The first-order valence-electron chi connectivity index (χ1n) is 3.77. The summed E-state index contributed by atoms with van der Waals surface area (Å²) in [4.78, 5) is 0. The minimum absolute atomic E-state index is 0.0685. The van der Waals surface area contributed by atoms with Gasteiger partial charge in [0.05, 0.1) is 11.8 Å². The summed E-state index contributed by atoms with van der Waals surface area (Å²) in [5, 5.41) is 8.36. The average Bonchev–Trinajstić information content (AvgIpc) is 1.83. The molecular weight excluding hydrogens is 176 g/mol. The first-order chi connectivity index (χ1) is 5.37. The molecule has 0 spiro atoms. The highest BCUT2D eigenvalue weighted by molar-refractivity contribution is 7.89. The van der Waals surface area contributed by atoms with Crippen molar-refractivity contribution < 1.29 is 8.42 Å². The number of sulfonamides is 1. The monoisotopic (exact) mass is 190 g/mol. The van der Waals surface area contributed by atoms with Gasteiger partial charge in [-0.2, -0.15) is 9.98 Å². The van der Waals surface area contributed by atoms with Crippen LogP contribution in [0.1, 0.15) is 20.8 Å². The standard InChI is InChI=1S/C7H14N2O2S/c1-6(2)5-12(10,11)9-7(3)4-8/h6-7,9H,5H2,1-3H3. The van der Waals surface area contributed by atoms with Gasteiger partial charge in [0.1, 0.15) is 6.04 Å². The zero-order valence-electron chi connectivity index (χ0n) is 7.53. The van der Waals surface area contributed by atoms with E-state index in [9.17, 15) is 8.42 Å². The Balaban J connectivity index is 4.17. The van der Waals surface area contributed by atoms with Gasteiger partial charge in [-0.25, -0.2) is 8.42 Å². The number of nitrogens with zero attached hydrogens (tertiary/aromatic N) is 1. The maximum atomic E-state index is 11.1. The number of nitriles is 1. The summed E-state index contributed by atoms with van der Waals surface area (Å²) in [7, 11) is -3.26. The Morgan fingerprint density at radius 1 is 1.42 bits per heavy atom. The van der Waals surface area contributed by atoms with E-state index in [0.717, 1.165) is 0 Å². The molecule has 0 aromatic rings. The highest BCUT2D eigenvalue weighted by atomic mass is 32.2. The van der Waals surface area contributed by atoms with Crippen molar-refractivity contribution in [1.82, 2.24) is 4.72 Å². The minimum Gasteiger partial charge on any atom is -0.212 e. The van der Waals surface area contributed by atoms with Gasteiger partial charge in [0.25, 0.3) is 0 Å². The summed E-state index contributed by atoms with van der Waals surface area (Å²) in [6.45, 7) is 5.14. The fraction of sp³-hybridized carbons (Fsp3) is 0.857. The molecular formula is C7H14N2O2S. The summed E-state index contributed by atoms with van der Waals surface area (Å²) in [6.07, 6.45) is 0. The zero-order valence-corrected chi connectivity index (χ0v) is 8.35. The van der Waals surface area contributed by atoms with Crippen molar-refractivity contribution in [2.45, 2.75) is 26.8 Å². The van der Waals surface area contributed by atoms with Crippen LogP contribution in [0, 0.1) is 17.2 Å². The second-order valence-corrected chi connectivity index (χ2v) is 4.94. The van der Waals surface area contributed by atoms with Crippen LogP contribution in [0.25, 0.3) is 0 Å². The lowest BCUT2D eigenvalue weighted by molar-refractivity contribution is 0.564. The molecule has 5 heteroatoms. The van der Waals surface area contributed by atoms with Gasteiger partial charge >= 0.3 is 0 Å². The SMILES string of the molecule is CC(C)CS(=O)(=O)NC(C)C#N. The predicted molar refractivity (Wildman–Crippen MR) is 46.8 cm³/mol. The Hall–Kier alpha value is -0.600. The van der Waals surface area contributed by atoms with Crippen molar-refractivity contribution in [2.24, 2.45) is 5.92 Å². The van der Waals surface area contributed by atoms with Crippen molar-refractivity contribution in [3.8, 4) is 6.07 Å². The van der Waals surface area contributed by atoms with Crippen LogP contribution in [0.2, 0.25) is 0 Å². The fourth-order valence-corrected chi connectivity index (χ4v) is 2.35. The molecule has 1 atom stereocenters. The van der Waals surface area contributed by atoms with Crippen LogP contribution in [0.15, 0.2) is 0 Å². The van der Waals surface area contributed by atoms with Crippen LogP contribution < -0.4 is 4.72 Å². The Kier molecular flexibility index (Phi) is 4.21. The molecule has 0 aromatic carbocycles. The first-order valence-corrected chi connectivity index (χ1v) is 5.42. The van der Waals surface area contributed by atoms with E-state index >= 15 is 0 Å². The topological polar surface area (TPSA) is 70.0 Å². The molecule has 0 amide bonds. The number of nitrogens with one attached hydrogen (secondary N) is 1. The fourth-order valence-electron chi connectivity index (χ4n) is 0.783. The van der Waals surface area contributed by atoms with Gasteiger partial charge < -0.3 is 0 Å². The van der Waals surface area contributed by atoms with Gasteiger partial charge in [-0.3, -0.25) is 0 Å². The molecule has 1 N–H and O–H groups in total. The molecule has 0 aliphatic rings. The quantitative estimate of drug-likeness (QED) is 0.700. The van der Waals surface area contributed by atoms with Crippen LogP contribution in [-0.2, 0) is 10.0 Å². The molecule has 0 aliphatic heterocycles. The molecule has 0 saturated carbocycles. The molecule has 4 nitrogen and oxygen atoms in total. The molecule has 0 fully saturated rings. The largest absolute Gasteiger partial charge is 0.212 e. The molecule has 0 heterocycles. The Bertz CT molecular complexity index is 264. The lowest BCUT2D eigenvalue weighted by atomic mass is 10.3. The predicted octanol–water partition coefficient (Wildman–Crippen LogP) is 0.474. The van der Waals surface area contributed by atoms with Crippen LogP contribution in [0.4, 0.5) is 0 Å². The van der Waals surface area contributed by atoms with E-state index < -0.39 is 16.1 Å². The van der Waals surface area contributed by atoms with Crippen molar-refractivity contribution >= 4 is 10.0 Å². The van der Waals surface area contributed by atoms with Crippen molar-refractivity contribution in [3.63, 3.8) is 0 Å². The molecule has 0 aliphatic carbocycles. The van der Waals surface area contributed by atoms with E-state index in [1.54, 1.807) is 6.07 Å². The molecule has 0 radical (unpaired) electrons. The molecule has 0 rings (SSSR count). The zero-order chi connectivity index (χ0) is 9.78. The summed E-state index contributed by atoms with van der Waals surface area (Å²) < 4.78 is 24.5. The average molecular weight is 190 g/mol. The van der Waals surface area contributed by atoms with Crippen molar-refractivity contribution in [2.75, 3.05) is 5.75 Å². The van der Waals surface area contributed by atoms with Crippen molar-refractivity contribution in [3.05, 3.63) is 0 Å². The number of hydrogen-bond acceptors (Lipinski definition) is 3. The smallest absolute Gasteiger partial charge is 0.212 e. The summed E-state index contributed by atoms with van der Waals surface area (Å²) in [5.41, 5.74) is 0. The van der Waals surface area contributed by atoms with Gasteiger partial charge in [0.2, 0.25) is 10.0 Å².